The molecule has 5 nitrogen and oxygen atoms in total. The van der Waals surface area contributed by atoms with Crippen molar-refractivity contribution in [3.63, 3.8) is 0 Å². The summed E-state index contributed by atoms with van der Waals surface area (Å²) < 4.78 is 2.04. The Kier molecular flexibility index (Phi) is 8.57. The summed E-state index contributed by atoms with van der Waals surface area (Å²) in [6, 6.07) is 8.39. The molecule has 0 aliphatic heterocycles. The molecule has 3 N–H and O–H groups in total. The number of nitrogens with one attached hydrogen (secondary N) is 1. The van der Waals surface area contributed by atoms with E-state index in [0.29, 0.717) is 12.5 Å². The van der Waals surface area contributed by atoms with E-state index in [1.54, 1.807) is 6.20 Å². The maximum atomic E-state index is 5.84. The Morgan fingerprint density at radius 1 is 1.36 bits per heavy atom. The van der Waals surface area contributed by atoms with Crippen LogP contribution in [0.15, 0.2) is 48.0 Å². The van der Waals surface area contributed by atoms with Crippen LogP contribution in [-0.2, 0) is 13.1 Å². The predicted molar refractivity (Wildman–Crippen MR) is 101 cm³/mol. The van der Waals surface area contributed by atoms with Crippen molar-refractivity contribution in [2.45, 2.75) is 32.9 Å². The number of halogens is 1. The van der Waals surface area contributed by atoms with Crippen LogP contribution in [0.1, 0.15) is 30.9 Å². The summed E-state index contributed by atoms with van der Waals surface area (Å²) in [5.74, 6) is 0.517. The van der Waals surface area contributed by atoms with Gasteiger partial charge in [-0.3, -0.25) is 0 Å². The first-order valence-electron chi connectivity index (χ1n) is 7.35. The quantitative estimate of drug-likeness (QED) is 0.318. The number of guanidine groups is 1. The van der Waals surface area contributed by atoms with Crippen LogP contribution in [0, 0.1) is 0 Å². The van der Waals surface area contributed by atoms with Gasteiger partial charge >= 0.3 is 0 Å². The lowest BCUT2D eigenvalue weighted by Gasteiger charge is -2.06. The standard InChI is InChI=1S/C16H23N5.HI/c1-2-3-7-19-16(17)20-11-14-5-4-6-15(10-14)12-21-9-8-18-13-21;/h4-6,8-10,13H,2-3,7,11-12H2,1H3,(H3,17,19,20);1H. The lowest BCUT2D eigenvalue weighted by atomic mass is 10.1. The number of hydrogen-bond acceptors (Lipinski definition) is 2. The number of nitrogens with two attached hydrogens (primary N) is 1. The Balaban J connectivity index is 0.00000242. The number of nitrogens with zero attached hydrogens (tertiary/aromatic N) is 3. The Hall–Kier alpha value is -1.57. The maximum Gasteiger partial charge on any atom is 0.188 e. The summed E-state index contributed by atoms with van der Waals surface area (Å²) in [6.07, 6.45) is 7.82. The molecule has 0 atom stereocenters. The van der Waals surface area contributed by atoms with Crippen molar-refractivity contribution >= 4 is 29.9 Å². The third kappa shape index (κ3) is 6.46. The molecule has 2 aromatic rings. The van der Waals surface area contributed by atoms with Gasteiger partial charge in [0.2, 0.25) is 0 Å². The second-order valence-electron chi connectivity index (χ2n) is 5.04. The fourth-order valence-corrected chi connectivity index (χ4v) is 2.04. The summed E-state index contributed by atoms with van der Waals surface area (Å²) in [7, 11) is 0. The second kappa shape index (κ2) is 10.2. The Morgan fingerprint density at radius 3 is 2.91 bits per heavy atom. The molecule has 0 spiro atoms. The predicted octanol–water partition coefficient (Wildman–Crippen LogP) is 2.75. The lowest BCUT2D eigenvalue weighted by Crippen LogP contribution is -2.32. The minimum Gasteiger partial charge on any atom is -0.370 e. The van der Waals surface area contributed by atoms with Crippen LogP contribution in [0.2, 0.25) is 0 Å². The van der Waals surface area contributed by atoms with Gasteiger partial charge in [-0.05, 0) is 17.5 Å². The topological polar surface area (TPSA) is 68.2 Å². The van der Waals surface area contributed by atoms with E-state index in [4.69, 9.17) is 5.73 Å². The fourth-order valence-electron chi connectivity index (χ4n) is 2.04. The van der Waals surface area contributed by atoms with Gasteiger partial charge in [0.1, 0.15) is 0 Å². The molecule has 120 valence electrons. The van der Waals surface area contributed by atoms with Gasteiger partial charge in [-0.25, -0.2) is 9.98 Å². The van der Waals surface area contributed by atoms with E-state index < -0.39 is 0 Å². The zero-order valence-electron chi connectivity index (χ0n) is 12.9. The Labute approximate surface area is 149 Å². The van der Waals surface area contributed by atoms with Crippen molar-refractivity contribution in [3.05, 3.63) is 54.1 Å². The number of unbranched alkanes of at least 4 members (excludes halogenated alkanes) is 1. The van der Waals surface area contributed by atoms with Gasteiger partial charge in [0.05, 0.1) is 12.9 Å². The number of rotatable bonds is 7. The third-order valence-electron chi connectivity index (χ3n) is 3.18. The van der Waals surface area contributed by atoms with Crippen LogP contribution in [-0.4, -0.2) is 22.1 Å². The highest BCUT2D eigenvalue weighted by Crippen LogP contribution is 2.08. The smallest absolute Gasteiger partial charge is 0.188 e. The van der Waals surface area contributed by atoms with Gasteiger partial charge in [0, 0.05) is 25.5 Å². The average Bonchev–Trinajstić information content (AvgIpc) is 2.99. The van der Waals surface area contributed by atoms with E-state index in [1.165, 1.54) is 5.56 Å². The van der Waals surface area contributed by atoms with Gasteiger partial charge < -0.3 is 15.6 Å². The molecule has 0 aliphatic carbocycles. The second-order valence-corrected chi connectivity index (χ2v) is 5.04. The first-order chi connectivity index (χ1) is 10.3. The van der Waals surface area contributed by atoms with Crippen molar-refractivity contribution in [1.29, 1.82) is 0 Å². The van der Waals surface area contributed by atoms with Crippen molar-refractivity contribution in [3.8, 4) is 0 Å². The van der Waals surface area contributed by atoms with Crippen LogP contribution in [0.25, 0.3) is 0 Å². The van der Waals surface area contributed by atoms with E-state index in [9.17, 15) is 0 Å². The lowest BCUT2D eigenvalue weighted by molar-refractivity contribution is 0.748. The average molecular weight is 413 g/mol. The minimum atomic E-state index is 0. The molecule has 0 bridgehead atoms. The van der Waals surface area contributed by atoms with Crippen molar-refractivity contribution < 1.29 is 0 Å². The normalized spacial score (nSPS) is 11.0. The number of imidazole rings is 1. The van der Waals surface area contributed by atoms with Crippen LogP contribution in [0.4, 0.5) is 0 Å². The monoisotopic (exact) mass is 413 g/mol. The highest BCUT2D eigenvalue weighted by molar-refractivity contribution is 14.0. The van der Waals surface area contributed by atoms with E-state index in [2.05, 4.69) is 46.5 Å². The SMILES string of the molecule is CCCCNC(N)=NCc1cccc(Cn2ccnc2)c1.I. The van der Waals surface area contributed by atoms with Crippen molar-refractivity contribution in [2.75, 3.05) is 6.54 Å². The maximum absolute atomic E-state index is 5.84. The summed E-state index contributed by atoms with van der Waals surface area (Å²) in [5, 5.41) is 3.12. The van der Waals surface area contributed by atoms with Crippen molar-refractivity contribution in [1.82, 2.24) is 14.9 Å². The molecule has 0 unspecified atom stereocenters. The van der Waals surface area contributed by atoms with Gasteiger partial charge in [-0.15, -0.1) is 24.0 Å². The molecular weight excluding hydrogens is 389 g/mol. The van der Waals surface area contributed by atoms with Crippen LogP contribution in [0.5, 0.6) is 0 Å². The van der Waals surface area contributed by atoms with E-state index in [0.717, 1.165) is 31.5 Å². The molecule has 6 heteroatoms. The van der Waals surface area contributed by atoms with E-state index in [-0.39, 0.29) is 24.0 Å². The molecule has 0 radical (unpaired) electrons. The van der Waals surface area contributed by atoms with Crippen LogP contribution < -0.4 is 11.1 Å². The zero-order chi connectivity index (χ0) is 14.9. The highest BCUT2D eigenvalue weighted by Gasteiger charge is 1.98. The molecule has 1 aromatic carbocycles. The van der Waals surface area contributed by atoms with E-state index in [1.807, 2.05) is 17.1 Å². The third-order valence-corrected chi connectivity index (χ3v) is 3.18. The van der Waals surface area contributed by atoms with Crippen LogP contribution >= 0.6 is 24.0 Å². The highest BCUT2D eigenvalue weighted by atomic mass is 127. The molecule has 1 aromatic heterocycles. The summed E-state index contributed by atoms with van der Waals surface area (Å²) in [6.45, 7) is 4.46. The zero-order valence-corrected chi connectivity index (χ0v) is 15.2. The van der Waals surface area contributed by atoms with E-state index >= 15 is 0 Å². The molecule has 0 saturated heterocycles. The molecular formula is C16H24IN5. The number of benzene rings is 1. The van der Waals surface area contributed by atoms with Gasteiger partial charge in [0.15, 0.2) is 5.96 Å². The Morgan fingerprint density at radius 2 is 2.18 bits per heavy atom. The van der Waals surface area contributed by atoms with Crippen molar-refractivity contribution in [2.24, 2.45) is 10.7 Å². The molecule has 0 fully saturated rings. The van der Waals surface area contributed by atoms with Gasteiger partial charge in [0.25, 0.3) is 0 Å². The Bertz CT molecular complexity index is 566. The molecule has 0 aliphatic rings. The largest absolute Gasteiger partial charge is 0.370 e. The number of hydrogen-bond donors (Lipinski definition) is 2. The molecule has 1 heterocycles. The number of aromatic nitrogens is 2. The molecule has 0 amide bonds. The molecule has 22 heavy (non-hydrogen) atoms. The molecule has 0 saturated carbocycles. The first-order valence-corrected chi connectivity index (χ1v) is 7.35. The first kappa shape index (κ1) is 18.5. The summed E-state index contributed by atoms with van der Waals surface area (Å²) in [5.41, 5.74) is 8.23. The van der Waals surface area contributed by atoms with Crippen LogP contribution in [0.3, 0.4) is 0 Å². The fraction of sp³-hybridized carbons (Fsp3) is 0.375. The summed E-state index contributed by atoms with van der Waals surface area (Å²) in [4.78, 5) is 8.42. The summed E-state index contributed by atoms with van der Waals surface area (Å²) >= 11 is 0. The molecule has 2 rings (SSSR count). The minimum absolute atomic E-state index is 0. The van der Waals surface area contributed by atoms with Gasteiger partial charge in [-0.1, -0.05) is 37.6 Å². The number of aliphatic imine (C=N–C) groups is 1. The van der Waals surface area contributed by atoms with Gasteiger partial charge in [-0.2, -0.15) is 0 Å².